The standard InChI is InChI=1S/C28H29NO/c30-28(24-18-16-22(17-19-24)21-10-4-1-5-11-21)26-20-29(25-14-8-3-9-15-25)27(26)23-12-6-2-7-13-23/h1-2,4-7,10-13,16-19,25-27H,3,8-9,14-15,20H2. The molecule has 2 nitrogen and oxygen atoms in total. The molecule has 2 heteroatoms. The summed E-state index contributed by atoms with van der Waals surface area (Å²) >= 11 is 0. The van der Waals surface area contributed by atoms with Crippen LogP contribution in [0.25, 0.3) is 11.1 Å². The lowest BCUT2D eigenvalue weighted by Crippen LogP contribution is -2.57. The summed E-state index contributed by atoms with van der Waals surface area (Å²) in [5.41, 5.74) is 4.47. The molecule has 0 bridgehead atoms. The van der Waals surface area contributed by atoms with Crippen molar-refractivity contribution < 1.29 is 4.79 Å². The fraction of sp³-hybridized carbons (Fsp3) is 0.321. The van der Waals surface area contributed by atoms with Crippen LogP contribution in [-0.4, -0.2) is 23.3 Å². The quantitative estimate of drug-likeness (QED) is 0.457. The summed E-state index contributed by atoms with van der Waals surface area (Å²) in [5.74, 6) is 0.340. The predicted molar refractivity (Wildman–Crippen MR) is 122 cm³/mol. The molecule has 0 N–H and O–H groups in total. The fourth-order valence-corrected chi connectivity index (χ4v) is 5.29. The maximum atomic E-state index is 13.5. The molecule has 2 atom stereocenters. The third kappa shape index (κ3) is 3.73. The van der Waals surface area contributed by atoms with Crippen molar-refractivity contribution in [2.75, 3.05) is 6.54 Å². The Morgan fingerprint density at radius 1 is 0.700 bits per heavy atom. The second-order valence-electron chi connectivity index (χ2n) is 8.76. The monoisotopic (exact) mass is 395 g/mol. The Labute approximate surface area is 179 Å². The Morgan fingerprint density at radius 3 is 1.97 bits per heavy atom. The summed E-state index contributed by atoms with van der Waals surface area (Å²) in [5, 5.41) is 0. The molecule has 2 aliphatic rings. The molecule has 30 heavy (non-hydrogen) atoms. The number of carbonyl (C=O) groups excluding carboxylic acids is 1. The van der Waals surface area contributed by atoms with Gasteiger partial charge in [0.15, 0.2) is 5.78 Å². The van der Waals surface area contributed by atoms with Crippen LogP contribution in [0.2, 0.25) is 0 Å². The Bertz CT molecular complexity index is 974. The van der Waals surface area contributed by atoms with Crippen LogP contribution in [0.1, 0.15) is 54.1 Å². The summed E-state index contributed by atoms with van der Waals surface area (Å²) in [6.45, 7) is 0.892. The third-order valence-corrected chi connectivity index (χ3v) is 6.94. The van der Waals surface area contributed by atoms with Crippen LogP contribution in [0.5, 0.6) is 0 Å². The van der Waals surface area contributed by atoms with Gasteiger partial charge >= 0.3 is 0 Å². The highest BCUT2D eigenvalue weighted by Gasteiger charge is 2.47. The van der Waals surface area contributed by atoms with E-state index in [2.05, 4.69) is 59.5 Å². The van der Waals surface area contributed by atoms with Gasteiger partial charge in [0.2, 0.25) is 0 Å². The fourth-order valence-electron chi connectivity index (χ4n) is 5.29. The van der Waals surface area contributed by atoms with E-state index in [1.807, 2.05) is 30.3 Å². The molecule has 0 aromatic heterocycles. The number of hydrogen-bond acceptors (Lipinski definition) is 2. The highest BCUT2D eigenvalue weighted by Crippen LogP contribution is 2.44. The number of hydrogen-bond donors (Lipinski definition) is 0. The molecule has 2 fully saturated rings. The minimum atomic E-state index is 0.0527. The molecule has 0 amide bonds. The zero-order valence-electron chi connectivity index (χ0n) is 17.4. The van der Waals surface area contributed by atoms with Gasteiger partial charge in [-0.2, -0.15) is 0 Å². The SMILES string of the molecule is O=C(c1ccc(-c2ccccc2)cc1)C1CN(C2CCCCC2)C1c1ccccc1. The van der Waals surface area contributed by atoms with E-state index in [1.54, 1.807) is 0 Å². The molecule has 3 aromatic rings. The van der Waals surface area contributed by atoms with Crippen molar-refractivity contribution in [3.8, 4) is 11.1 Å². The molecular weight excluding hydrogens is 366 g/mol. The number of rotatable bonds is 5. The summed E-state index contributed by atoms with van der Waals surface area (Å²) in [4.78, 5) is 16.1. The first-order valence-electron chi connectivity index (χ1n) is 11.3. The molecule has 3 aromatic carbocycles. The van der Waals surface area contributed by atoms with E-state index in [0.717, 1.165) is 17.7 Å². The van der Waals surface area contributed by atoms with E-state index in [4.69, 9.17) is 0 Å². The summed E-state index contributed by atoms with van der Waals surface area (Å²) in [6.07, 6.45) is 6.55. The van der Waals surface area contributed by atoms with Crippen LogP contribution in [-0.2, 0) is 0 Å². The van der Waals surface area contributed by atoms with E-state index in [1.165, 1.54) is 43.2 Å². The van der Waals surface area contributed by atoms with E-state index in [9.17, 15) is 4.79 Å². The lowest BCUT2D eigenvalue weighted by Gasteiger charge is -2.52. The maximum Gasteiger partial charge on any atom is 0.169 e. The first-order valence-corrected chi connectivity index (χ1v) is 11.3. The van der Waals surface area contributed by atoms with Gasteiger partial charge in [0.05, 0.1) is 5.92 Å². The average molecular weight is 396 g/mol. The third-order valence-electron chi connectivity index (χ3n) is 6.94. The van der Waals surface area contributed by atoms with Gasteiger partial charge in [-0.1, -0.05) is 104 Å². The molecule has 5 rings (SSSR count). The molecule has 1 saturated carbocycles. The van der Waals surface area contributed by atoms with E-state index < -0.39 is 0 Å². The molecule has 1 heterocycles. The maximum absolute atomic E-state index is 13.5. The summed E-state index contributed by atoms with van der Waals surface area (Å²) < 4.78 is 0. The van der Waals surface area contributed by atoms with Gasteiger partial charge < -0.3 is 0 Å². The van der Waals surface area contributed by atoms with Crippen LogP contribution >= 0.6 is 0 Å². The first-order chi connectivity index (χ1) is 14.8. The van der Waals surface area contributed by atoms with Gasteiger partial charge in [0, 0.05) is 24.2 Å². The summed E-state index contributed by atoms with van der Waals surface area (Å²) in [6, 6.07) is 30.0. The smallest absolute Gasteiger partial charge is 0.169 e. The van der Waals surface area contributed by atoms with Crippen LogP contribution < -0.4 is 0 Å². The van der Waals surface area contributed by atoms with Crippen LogP contribution in [0.4, 0.5) is 0 Å². The van der Waals surface area contributed by atoms with Crippen molar-refractivity contribution in [2.45, 2.75) is 44.2 Å². The molecule has 1 aliphatic carbocycles. The first kappa shape index (κ1) is 19.3. The molecule has 0 spiro atoms. The number of likely N-dealkylation sites (tertiary alicyclic amines) is 1. The molecular formula is C28H29NO. The number of nitrogens with zero attached hydrogens (tertiary/aromatic N) is 1. The lowest BCUT2D eigenvalue weighted by atomic mass is 9.76. The van der Waals surface area contributed by atoms with Gasteiger partial charge in [0.25, 0.3) is 0 Å². The Balaban J connectivity index is 1.37. The van der Waals surface area contributed by atoms with Crippen LogP contribution in [0.3, 0.4) is 0 Å². The van der Waals surface area contributed by atoms with Crippen molar-refractivity contribution in [1.29, 1.82) is 0 Å². The molecule has 2 unspecified atom stereocenters. The minimum absolute atomic E-state index is 0.0527. The van der Waals surface area contributed by atoms with Crippen molar-refractivity contribution >= 4 is 5.78 Å². The van der Waals surface area contributed by atoms with Crippen molar-refractivity contribution in [3.63, 3.8) is 0 Å². The van der Waals surface area contributed by atoms with Crippen LogP contribution in [0, 0.1) is 5.92 Å². The van der Waals surface area contributed by atoms with Gasteiger partial charge in [-0.15, -0.1) is 0 Å². The van der Waals surface area contributed by atoms with Gasteiger partial charge in [-0.25, -0.2) is 0 Å². The zero-order valence-corrected chi connectivity index (χ0v) is 17.4. The molecule has 1 saturated heterocycles. The minimum Gasteiger partial charge on any atom is -0.294 e. The lowest BCUT2D eigenvalue weighted by molar-refractivity contribution is -0.0251. The van der Waals surface area contributed by atoms with Gasteiger partial charge in [0.1, 0.15) is 0 Å². The summed E-state index contributed by atoms with van der Waals surface area (Å²) in [7, 11) is 0. The highest BCUT2D eigenvalue weighted by atomic mass is 16.1. The molecule has 0 radical (unpaired) electrons. The predicted octanol–water partition coefficient (Wildman–Crippen LogP) is 6.54. The van der Waals surface area contributed by atoms with E-state index in [-0.39, 0.29) is 17.7 Å². The number of ketones is 1. The highest BCUT2D eigenvalue weighted by molar-refractivity contribution is 5.99. The largest absolute Gasteiger partial charge is 0.294 e. The second-order valence-corrected chi connectivity index (χ2v) is 8.76. The topological polar surface area (TPSA) is 20.3 Å². The van der Waals surface area contributed by atoms with Crippen molar-refractivity contribution in [3.05, 3.63) is 96.1 Å². The number of carbonyl (C=O) groups is 1. The average Bonchev–Trinajstić information content (AvgIpc) is 2.80. The van der Waals surface area contributed by atoms with Crippen molar-refractivity contribution in [1.82, 2.24) is 4.90 Å². The van der Waals surface area contributed by atoms with Crippen molar-refractivity contribution in [2.24, 2.45) is 5.92 Å². The Kier molecular flexibility index (Phi) is 5.50. The number of Topliss-reactive ketones (excluding diaryl/α,β-unsaturated/α-hetero) is 1. The normalized spacial score (nSPS) is 22.4. The van der Waals surface area contributed by atoms with Gasteiger partial charge in [-0.3, -0.25) is 9.69 Å². The van der Waals surface area contributed by atoms with Gasteiger partial charge in [-0.05, 0) is 29.5 Å². The van der Waals surface area contributed by atoms with E-state index in [0.29, 0.717) is 6.04 Å². The zero-order chi connectivity index (χ0) is 20.3. The number of benzene rings is 3. The molecule has 152 valence electrons. The molecule has 1 aliphatic heterocycles. The Hall–Kier alpha value is -2.71. The Morgan fingerprint density at radius 2 is 1.30 bits per heavy atom. The van der Waals surface area contributed by atoms with Crippen LogP contribution in [0.15, 0.2) is 84.9 Å². The second kappa shape index (κ2) is 8.57. The van der Waals surface area contributed by atoms with E-state index >= 15 is 0 Å².